The number of nitrogens with one attached hydrogen (secondary N) is 1. The molecule has 0 spiro atoms. The van der Waals surface area contributed by atoms with E-state index in [1.807, 2.05) is 0 Å². The van der Waals surface area contributed by atoms with Crippen molar-refractivity contribution in [1.82, 2.24) is 5.32 Å². The molecule has 0 aliphatic heterocycles. The van der Waals surface area contributed by atoms with Gasteiger partial charge in [0.15, 0.2) is 0 Å². The standard InChI is InChI=1S/C16H24BrF2N/c1-5-8-20-10-16(4,11(2)3)9-12-14(18)7-6-13(17)15(12)19/h6-7,11,20H,5,8-10H2,1-4H3. The maximum atomic E-state index is 14.1. The summed E-state index contributed by atoms with van der Waals surface area (Å²) in [5, 5.41) is 3.37. The fraction of sp³-hybridized carbons (Fsp3) is 0.625. The van der Waals surface area contributed by atoms with Gasteiger partial charge in [0.25, 0.3) is 0 Å². The molecule has 0 saturated heterocycles. The fourth-order valence-corrected chi connectivity index (χ4v) is 2.53. The molecular formula is C16H24BrF2N. The highest BCUT2D eigenvalue weighted by Gasteiger charge is 2.31. The largest absolute Gasteiger partial charge is 0.316 e. The molecule has 0 saturated carbocycles. The van der Waals surface area contributed by atoms with E-state index in [9.17, 15) is 8.78 Å². The van der Waals surface area contributed by atoms with Crippen LogP contribution >= 0.6 is 15.9 Å². The van der Waals surface area contributed by atoms with Gasteiger partial charge >= 0.3 is 0 Å². The molecule has 1 aromatic rings. The summed E-state index contributed by atoms with van der Waals surface area (Å²) < 4.78 is 28.4. The summed E-state index contributed by atoms with van der Waals surface area (Å²) in [6.07, 6.45) is 1.44. The maximum Gasteiger partial charge on any atom is 0.143 e. The van der Waals surface area contributed by atoms with E-state index < -0.39 is 11.6 Å². The second-order valence-electron chi connectivity index (χ2n) is 5.98. The molecule has 0 aliphatic carbocycles. The summed E-state index contributed by atoms with van der Waals surface area (Å²) in [5.41, 5.74) is -0.00801. The zero-order valence-corrected chi connectivity index (χ0v) is 14.3. The van der Waals surface area contributed by atoms with Crippen LogP contribution in [0, 0.1) is 23.0 Å². The van der Waals surface area contributed by atoms with Crippen LogP contribution in [0.15, 0.2) is 16.6 Å². The predicted octanol–water partition coefficient (Wildman–Crippen LogP) is 4.93. The molecule has 20 heavy (non-hydrogen) atoms. The quantitative estimate of drug-likeness (QED) is 0.544. The lowest BCUT2D eigenvalue weighted by molar-refractivity contribution is 0.203. The highest BCUT2D eigenvalue weighted by atomic mass is 79.9. The third-order valence-electron chi connectivity index (χ3n) is 4.07. The minimum absolute atomic E-state index is 0.175. The van der Waals surface area contributed by atoms with Crippen molar-refractivity contribution in [2.75, 3.05) is 13.1 Å². The Morgan fingerprint density at radius 3 is 2.50 bits per heavy atom. The molecule has 0 heterocycles. The summed E-state index contributed by atoms with van der Waals surface area (Å²) in [6.45, 7) is 10.1. The molecule has 1 unspecified atom stereocenters. The Hall–Kier alpha value is -0.480. The zero-order chi connectivity index (χ0) is 15.3. The van der Waals surface area contributed by atoms with Crippen LogP contribution in [0.5, 0.6) is 0 Å². The van der Waals surface area contributed by atoms with Crippen LogP contribution in [0.2, 0.25) is 0 Å². The highest BCUT2D eigenvalue weighted by molar-refractivity contribution is 9.10. The molecule has 114 valence electrons. The lowest BCUT2D eigenvalue weighted by Gasteiger charge is -2.34. The van der Waals surface area contributed by atoms with Crippen LogP contribution in [0.4, 0.5) is 8.78 Å². The molecule has 0 fully saturated rings. The molecule has 1 atom stereocenters. The second kappa shape index (κ2) is 7.51. The van der Waals surface area contributed by atoms with E-state index in [1.54, 1.807) is 0 Å². The van der Waals surface area contributed by atoms with Gasteiger partial charge in [-0.3, -0.25) is 0 Å². The Bertz CT molecular complexity index is 448. The first kappa shape index (κ1) is 17.6. The molecule has 0 amide bonds. The molecule has 1 rings (SSSR count). The summed E-state index contributed by atoms with van der Waals surface area (Å²) in [5.74, 6) is -0.620. The lowest BCUT2D eigenvalue weighted by atomic mass is 9.74. The van der Waals surface area contributed by atoms with Gasteiger partial charge in [0, 0.05) is 12.1 Å². The highest BCUT2D eigenvalue weighted by Crippen LogP contribution is 2.34. The molecule has 0 bridgehead atoms. The molecule has 1 aromatic carbocycles. The average molecular weight is 348 g/mol. The second-order valence-corrected chi connectivity index (χ2v) is 6.84. The van der Waals surface area contributed by atoms with Crippen molar-refractivity contribution in [1.29, 1.82) is 0 Å². The maximum absolute atomic E-state index is 14.1. The predicted molar refractivity (Wildman–Crippen MR) is 83.9 cm³/mol. The Kier molecular flexibility index (Phi) is 6.59. The Morgan fingerprint density at radius 1 is 1.30 bits per heavy atom. The van der Waals surface area contributed by atoms with Crippen LogP contribution in [-0.4, -0.2) is 13.1 Å². The van der Waals surface area contributed by atoms with Gasteiger partial charge in [-0.1, -0.05) is 27.7 Å². The SMILES string of the molecule is CCCNCC(C)(Cc1c(F)ccc(Br)c1F)C(C)C. The fourth-order valence-electron chi connectivity index (χ4n) is 2.16. The Balaban J connectivity index is 2.99. The summed E-state index contributed by atoms with van der Waals surface area (Å²) in [4.78, 5) is 0. The molecule has 1 N–H and O–H groups in total. The first-order chi connectivity index (χ1) is 9.31. The molecule has 1 nitrogen and oxygen atoms in total. The van der Waals surface area contributed by atoms with Gasteiger partial charge in [-0.25, -0.2) is 8.78 Å². The van der Waals surface area contributed by atoms with Gasteiger partial charge in [0.2, 0.25) is 0 Å². The normalized spacial score (nSPS) is 14.6. The third-order valence-corrected chi connectivity index (χ3v) is 4.68. The van der Waals surface area contributed by atoms with E-state index in [0.717, 1.165) is 19.5 Å². The van der Waals surface area contributed by atoms with Crippen molar-refractivity contribution in [2.24, 2.45) is 11.3 Å². The Morgan fingerprint density at radius 2 is 1.95 bits per heavy atom. The number of hydrogen-bond donors (Lipinski definition) is 1. The van der Waals surface area contributed by atoms with Gasteiger partial charge in [0.1, 0.15) is 11.6 Å². The van der Waals surface area contributed by atoms with Crippen molar-refractivity contribution in [3.63, 3.8) is 0 Å². The molecule has 0 aliphatic rings. The van der Waals surface area contributed by atoms with Crippen LogP contribution < -0.4 is 5.32 Å². The molecule has 0 radical (unpaired) electrons. The van der Waals surface area contributed by atoms with Crippen molar-refractivity contribution < 1.29 is 8.78 Å². The van der Waals surface area contributed by atoms with Gasteiger partial charge in [0.05, 0.1) is 4.47 Å². The van der Waals surface area contributed by atoms with Crippen LogP contribution in [0.1, 0.15) is 39.7 Å². The molecular weight excluding hydrogens is 324 g/mol. The van der Waals surface area contributed by atoms with Gasteiger partial charge in [-0.2, -0.15) is 0 Å². The van der Waals surface area contributed by atoms with Crippen LogP contribution in [0.3, 0.4) is 0 Å². The number of halogens is 3. The van der Waals surface area contributed by atoms with Gasteiger partial charge in [-0.05, 0) is 58.8 Å². The van der Waals surface area contributed by atoms with Gasteiger partial charge in [-0.15, -0.1) is 0 Å². The topological polar surface area (TPSA) is 12.0 Å². The lowest BCUT2D eigenvalue weighted by Crippen LogP contribution is -2.38. The van der Waals surface area contributed by atoms with E-state index in [2.05, 4.69) is 48.9 Å². The first-order valence-corrected chi connectivity index (χ1v) is 7.94. The molecule has 4 heteroatoms. The number of rotatable bonds is 7. The minimum atomic E-state index is -0.479. The van der Waals surface area contributed by atoms with E-state index in [1.165, 1.54) is 12.1 Å². The molecule has 0 aromatic heterocycles. The summed E-state index contributed by atoms with van der Waals surface area (Å²) in [6, 6.07) is 2.74. The third kappa shape index (κ3) is 4.26. The van der Waals surface area contributed by atoms with Crippen LogP contribution in [-0.2, 0) is 6.42 Å². The smallest absolute Gasteiger partial charge is 0.143 e. The number of hydrogen-bond acceptors (Lipinski definition) is 1. The van der Waals surface area contributed by atoms with Crippen molar-refractivity contribution >= 4 is 15.9 Å². The van der Waals surface area contributed by atoms with Crippen LogP contribution in [0.25, 0.3) is 0 Å². The van der Waals surface area contributed by atoms with E-state index >= 15 is 0 Å². The summed E-state index contributed by atoms with van der Waals surface area (Å²) >= 11 is 3.13. The van der Waals surface area contributed by atoms with Crippen molar-refractivity contribution in [2.45, 2.75) is 40.5 Å². The van der Waals surface area contributed by atoms with E-state index in [0.29, 0.717) is 16.8 Å². The van der Waals surface area contributed by atoms with E-state index in [-0.39, 0.29) is 11.0 Å². The Labute approximate surface area is 129 Å². The number of benzene rings is 1. The van der Waals surface area contributed by atoms with Crippen molar-refractivity contribution in [3.05, 3.63) is 33.8 Å². The van der Waals surface area contributed by atoms with Gasteiger partial charge < -0.3 is 5.32 Å². The first-order valence-electron chi connectivity index (χ1n) is 7.15. The monoisotopic (exact) mass is 347 g/mol. The summed E-state index contributed by atoms with van der Waals surface area (Å²) in [7, 11) is 0. The van der Waals surface area contributed by atoms with E-state index in [4.69, 9.17) is 0 Å². The minimum Gasteiger partial charge on any atom is -0.316 e. The zero-order valence-electron chi connectivity index (χ0n) is 12.7. The average Bonchev–Trinajstić information content (AvgIpc) is 2.39. The van der Waals surface area contributed by atoms with Crippen molar-refractivity contribution in [3.8, 4) is 0 Å².